The van der Waals surface area contributed by atoms with E-state index in [2.05, 4.69) is 56.5 Å². The van der Waals surface area contributed by atoms with Crippen molar-refractivity contribution in [2.75, 3.05) is 5.75 Å². The SMILES string of the molecule is F.O=C(O)CSc1nnc(Br)n1-c1ccc(C2CC2)c2ccccc12. The molecule has 0 unspecified atom stereocenters. The third-order valence-corrected chi connectivity index (χ3v) is 5.54. The van der Waals surface area contributed by atoms with E-state index in [9.17, 15) is 4.79 Å². The number of aromatic nitrogens is 3. The van der Waals surface area contributed by atoms with Crippen LogP contribution in [0.5, 0.6) is 0 Å². The van der Waals surface area contributed by atoms with Crippen LogP contribution in [0.1, 0.15) is 24.3 Å². The lowest BCUT2D eigenvalue weighted by atomic mass is 9.99. The van der Waals surface area contributed by atoms with E-state index in [0.29, 0.717) is 15.8 Å². The van der Waals surface area contributed by atoms with Crippen LogP contribution in [0.15, 0.2) is 46.3 Å². The summed E-state index contributed by atoms with van der Waals surface area (Å²) in [6.45, 7) is 0. The van der Waals surface area contributed by atoms with Crippen LogP contribution in [-0.2, 0) is 4.79 Å². The molecule has 0 amide bonds. The van der Waals surface area contributed by atoms with Crippen LogP contribution in [0.4, 0.5) is 4.70 Å². The number of carboxylic acids is 1. The lowest BCUT2D eigenvalue weighted by Crippen LogP contribution is -2.03. The summed E-state index contributed by atoms with van der Waals surface area (Å²) in [6.07, 6.45) is 2.50. The first-order valence-corrected chi connectivity index (χ1v) is 9.40. The molecule has 1 aliphatic rings. The minimum atomic E-state index is -0.875. The number of carboxylic acid groups (broad SMARTS) is 1. The van der Waals surface area contributed by atoms with Crippen molar-refractivity contribution in [2.45, 2.75) is 23.9 Å². The van der Waals surface area contributed by atoms with Gasteiger partial charge < -0.3 is 5.11 Å². The fraction of sp³-hybridized carbons (Fsp3) is 0.235. The van der Waals surface area contributed by atoms with Crippen molar-refractivity contribution < 1.29 is 14.6 Å². The molecule has 1 heterocycles. The summed E-state index contributed by atoms with van der Waals surface area (Å²) in [5, 5.41) is 20.0. The van der Waals surface area contributed by atoms with Gasteiger partial charge in [0.05, 0.1) is 11.4 Å². The van der Waals surface area contributed by atoms with Crippen molar-refractivity contribution in [2.24, 2.45) is 0 Å². The lowest BCUT2D eigenvalue weighted by molar-refractivity contribution is -0.133. The molecule has 5 nitrogen and oxygen atoms in total. The van der Waals surface area contributed by atoms with Gasteiger partial charge in [-0.3, -0.25) is 14.1 Å². The van der Waals surface area contributed by atoms with Crippen molar-refractivity contribution in [1.82, 2.24) is 14.8 Å². The van der Waals surface area contributed by atoms with Gasteiger partial charge >= 0.3 is 5.97 Å². The van der Waals surface area contributed by atoms with Crippen LogP contribution >= 0.6 is 27.7 Å². The average Bonchev–Trinajstić information content (AvgIpc) is 3.35. The molecule has 1 aromatic heterocycles. The molecule has 1 fully saturated rings. The van der Waals surface area contributed by atoms with E-state index in [4.69, 9.17) is 5.11 Å². The Labute approximate surface area is 155 Å². The van der Waals surface area contributed by atoms with Gasteiger partial charge in [-0.2, -0.15) is 0 Å². The Morgan fingerprint density at radius 3 is 2.60 bits per heavy atom. The predicted molar refractivity (Wildman–Crippen MR) is 99.4 cm³/mol. The van der Waals surface area contributed by atoms with E-state index < -0.39 is 5.97 Å². The first-order chi connectivity index (χ1) is 11.6. The normalized spacial score (nSPS) is 13.6. The van der Waals surface area contributed by atoms with Gasteiger partial charge in [0.2, 0.25) is 4.73 Å². The van der Waals surface area contributed by atoms with E-state index in [1.54, 1.807) is 0 Å². The molecule has 1 saturated carbocycles. The molecule has 1 N–H and O–H groups in total. The minimum absolute atomic E-state index is 0. The van der Waals surface area contributed by atoms with Gasteiger partial charge in [0.25, 0.3) is 0 Å². The summed E-state index contributed by atoms with van der Waals surface area (Å²) >= 11 is 4.60. The Kier molecular flexibility index (Phi) is 5.10. The van der Waals surface area contributed by atoms with Crippen LogP contribution in [0.2, 0.25) is 0 Å². The van der Waals surface area contributed by atoms with Gasteiger partial charge in [-0.1, -0.05) is 42.1 Å². The molecule has 130 valence electrons. The Balaban J connectivity index is 0.00000182. The molecular weight excluding hydrogens is 409 g/mol. The van der Waals surface area contributed by atoms with Gasteiger partial charge in [-0.25, -0.2) is 0 Å². The Hall–Kier alpha value is -1.93. The maximum absolute atomic E-state index is 10.9. The number of nitrogens with zero attached hydrogens (tertiary/aromatic N) is 3. The topological polar surface area (TPSA) is 68.0 Å². The number of aliphatic carboxylic acids is 1. The van der Waals surface area contributed by atoms with Crippen LogP contribution in [-0.4, -0.2) is 31.6 Å². The van der Waals surface area contributed by atoms with Crippen molar-refractivity contribution in [1.29, 1.82) is 0 Å². The number of fused-ring (bicyclic) bond motifs is 1. The van der Waals surface area contributed by atoms with Gasteiger partial charge in [0, 0.05) is 5.39 Å². The van der Waals surface area contributed by atoms with Gasteiger partial charge in [-0.15, -0.1) is 10.2 Å². The predicted octanol–water partition coefficient (Wildman–Crippen LogP) is 4.39. The summed E-state index contributed by atoms with van der Waals surface area (Å²) in [5.74, 6) is -0.266. The van der Waals surface area contributed by atoms with Gasteiger partial charge in [-0.05, 0) is 51.7 Å². The van der Waals surface area contributed by atoms with E-state index in [0.717, 1.165) is 22.8 Å². The number of benzene rings is 2. The average molecular weight is 424 g/mol. The Morgan fingerprint density at radius 1 is 1.20 bits per heavy atom. The zero-order valence-corrected chi connectivity index (χ0v) is 15.5. The second kappa shape index (κ2) is 7.13. The van der Waals surface area contributed by atoms with Gasteiger partial charge in [0.1, 0.15) is 0 Å². The molecule has 0 radical (unpaired) electrons. The van der Waals surface area contributed by atoms with Crippen molar-refractivity contribution in [3.8, 4) is 5.69 Å². The van der Waals surface area contributed by atoms with Crippen LogP contribution in [0, 0.1) is 0 Å². The van der Waals surface area contributed by atoms with Crippen LogP contribution in [0.3, 0.4) is 0 Å². The third-order valence-electron chi connectivity index (χ3n) is 4.11. The van der Waals surface area contributed by atoms with E-state index >= 15 is 0 Å². The lowest BCUT2D eigenvalue weighted by Gasteiger charge is -2.13. The number of hydrogen-bond donors (Lipinski definition) is 1. The Bertz CT molecular complexity index is 943. The fourth-order valence-electron chi connectivity index (χ4n) is 2.93. The van der Waals surface area contributed by atoms with Crippen LogP contribution in [0.25, 0.3) is 16.5 Å². The highest BCUT2D eigenvalue weighted by Gasteiger charge is 2.26. The van der Waals surface area contributed by atoms with E-state index in [1.165, 1.54) is 23.8 Å². The molecule has 25 heavy (non-hydrogen) atoms. The Morgan fingerprint density at radius 2 is 1.92 bits per heavy atom. The zero-order valence-electron chi connectivity index (χ0n) is 13.1. The summed E-state index contributed by atoms with van der Waals surface area (Å²) in [4.78, 5) is 10.9. The molecular formula is C17H15BrFN3O2S. The molecule has 8 heteroatoms. The first kappa shape index (κ1) is 17.9. The second-order valence-corrected chi connectivity index (χ2v) is 7.41. The summed E-state index contributed by atoms with van der Waals surface area (Å²) in [7, 11) is 0. The number of halogens is 2. The zero-order chi connectivity index (χ0) is 16.7. The van der Waals surface area contributed by atoms with E-state index in [-0.39, 0.29) is 10.5 Å². The smallest absolute Gasteiger partial charge is 0.313 e. The summed E-state index contributed by atoms with van der Waals surface area (Å²) < 4.78 is 2.44. The molecule has 1 aliphatic carbocycles. The third kappa shape index (κ3) is 3.41. The standard InChI is InChI=1S/C17H14BrN3O2S.FH/c18-16-19-20-17(24-9-15(22)23)21(16)14-8-7-11(10-5-6-10)12-3-1-2-4-13(12)14;/h1-4,7-8,10H,5-6,9H2,(H,22,23);1H. The molecule has 0 atom stereocenters. The van der Waals surface area contributed by atoms with Crippen LogP contribution < -0.4 is 0 Å². The molecule has 0 bridgehead atoms. The second-order valence-electron chi connectivity index (χ2n) is 5.76. The molecule has 4 rings (SSSR count). The number of rotatable bonds is 5. The first-order valence-electron chi connectivity index (χ1n) is 7.62. The largest absolute Gasteiger partial charge is 0.481 e. The highest BCUT2D eigenvalue weighted by atomic mass is 79.9. The van der Waals surface area contributed by atoms with Gasteiger partial charge in [0.15, 0.2) is 5.16 Å². The quantitative estimate of drug-likeness (QED) is 0.616. The molecule has 0 saturated heterocycles. The fourth-order valence-corrected chi connectivity index (χ4v) is 4.15. The summed E-state index contributed by atoms with van der Waals surface area (Å²) in [6, 6.07) is 12.6. The number of hydrogen-bond acceptors (Lipinski definition) is 4. The molecule has 3 aromatic rings. The molecule has 0 spiro atoms. The van der Waals surface area contributed by atoms with Crippen molar-refractivity contribution in [3.63, 3.8) is 0 Å². The van der Waals surface area contributed by atoms with Crippen molar-refractivity contribution >= 4 is 44.4 Å². The monoisotopic (exact) mass is 423 g/mol. The maximum Gasteiger partial charge on any atom is 0.313 e. The highest BCUT2D eigenvalue weighted by Crippen LogP contribution is 2.44. The minimum Gasteiger partial charge on any atom is -0.481 e. The number of carbonyl (C=O) groups is 1. The molecule has 2 aromatic carbocycles. The maximum atomic E-state index is 10.9. The number of thioether (sulfide) groups is 1. The molecule has 0 aliphatic heterocycles. The van der Waals surface area contributed by atoms with Crippen molar-refractivity contribution in [3.05, 3.63) is 46.7 Å². The highest BCUT2D eigenvalue weighted by molar-refractivity contribution is 9.10. The van der Waals surface area contributed by atoms with E-state index in [1.807, 2.05) is 10.6 Å². The summed E-state index contributed by atoms with van der Waals surface area (Å²) in [5.41, 5.74) is 2.35.